The maximum Gasteiger partial charge on any atom is 0.127 e. The van der Waals surface area contributed by atoms with Crippen LogP contribution >= 0.6 is 12.4 Å². The Balaban J connectivity index is 0.00000274. The zero-order chi connectivity index (χ0) is 22.3. The van der Waals surface area contributed by atoms with Crippen LogP contribution in [0, 0.1) is 0 Å². The maximum absolute atomic E-state index is 6.47. The van der Waals surface area contributed by atoms with Crippen molar-refractivity contribution in [1.82, 2.24) is 5.32 Å². The molecule has 4 aromatic carbocycles. The Kier molecular flexibility index (Phi) is 8.37. The van der Waals surface area contributed by atoms with Gasteiger partial charge in [-0.2, -0.15) is 0 Å². The molecule has 1 fully saturated rings. The number of hydrogen-bond acceptors (Lipinski definition) is 3. The van der Waals surface area contributed by atoms with Crippen molar-refractivity contribution in [3.05, 3.63) is 120 Å². The molecule has 0 bridgehead atoms. The average molecular weight is 472 g/mol. The molecule has 174 valence electrons. The number of halogens is 1. The summed E-state index contributed by atoms with van der Waals surface area (Å²) in [6, 6.07) is 37.5. The number of benzene rings is 4. The van der Waals surface area contributed by atoms with Crippen LogP contribution < -0.4 is 10.1 Å². The summed E-state index contributed by atoms with van der Waals surface area (Å²) in [7, 11) is 0. The third-order valence-electron chi connectivity index (χ3n) is 6.19. The van der Waals surface area contributed by atoms with Crippen LogP contribution in [0.3, 0.4) is 0 Å². The highest BCUT2D eigenvalue weighted by Gasteiger charge is 2.27. The predicted octanol–water partition coefficient (Wildman–Crippen LogP) is 7.23. The number of nitrogens with one attached hydrogen (secondary N) is 1. The first-order chi connectivity index (χ1) is 16.3. The van der Waals surface area contributed by atoms with Crippen molar-refractivity contribution in [1.29, 1.82) is 0 Å². The summed E-state index contributed by atoms with van der Waals surface area (Å²) in [5.41, 5.74) is 4.98. The van der Waals surface area contributed by atoms with Crippen molar-refractivity contribution in [3.63, 3.8) is 0 Å². The van der Waals surface area contributed by atoms with Crippen LogP contribution in [0.2, 0.25) is 0 Å². The lowest BCUT2D eigenvalue weighted by molar-refractivity contribution is 0.0106. The van der Waals surface area contributed by atoms with Crippen LogP contribution in [0.25, 0.3) is 11.1 Å². The number of hydrogen-bond donors (Lipinski definition) is 1. The Morgan fingerprint density at radius 3 is 2.24 bits per heavy atom. The van der Waals surface area contributed by atoms with E-state index in [4.69, 9.17) is 9.47 Å². The van der Waals surface area contributed by atoms with E-state index in [1.165, 1.54) is 16.7 Å². The maximum atomic E-state index is 6.47. The van der Waals surface area contributed by atoms with Gasteiger partial charge in [-0.05, 0) is 59.5 Å². The van der Waals surface area contributed by atoms with Gasteiger partial charge in [0.15, 0.2) is 0 Å². The number of rotatable bonds is 7. The molecule has 1 aliphatic heterocycles. The van der Waals surface area contributed by atoms with E-state index < -0.39 is 0 Å². The Morgan fingerprint density at radius 1 is 0.706 bits per heavy atom. The SMILES string of the molecule is Cl.c1ccc(Oc2cccc(CO[C@H]3CNCC[C@@H]3c3cccc(-c4ccccc4)c3)c2)cc1. The van der Waals surface area contributed by atoms with Gasteiger partial charge in [0.25, 0.3) is 0 Å². The molecule has 0 amide bonds. The van der Waals surface area contributed by atoms with Crippen LogP contribution in [0.1, 0.15) is 23.5 Å². The van der Waals surface area contributed by atoms with Gasteiger partial charge in [0, 0.05) is 12.5 Å². The fourth-order valence-electron chi connectivity index (χ4n) is 4.49. The molecule has 0 saturated carbocycles. The minimum absolute atomic E-state index is 0. The summed E-state index contributed by atoms with van der Waals surface area (Å²) in [6.07, 6.45) is 1.20. The topological polar surface area (TPSA) is 30.5 Å². The standard InChI is InChI=1S/C30H29NO2.ClH/c1-3-10-24(11-4-1)25-12-8-13-26(20-25)29-17-18-31-21-30(29)32-22-23-9-7-16-28(19-23)33-27-14-5-2-6-15-27;/h1-16,19-20,29-31H,17-18,21-22H2;1H/t29-,30+;/m1./s1. The molecular weight excluding hydrogens is 442 g/mol. The molecule has 5 rings (SSSR count). The lowest BCUT2D eigenvalue weighted by atomic mass is 9.86. The van der Waals surface area contributed by atoms with Gasteiger partial charge in [-0.25, -0.2) is 0 Å². The average Bonchev–Trinajstić information content (AvgIpc) is 2.89. The third-order valence-corrected chi connectivity index (χ3v) is 6.19. The van der Waals surface area contributed by atoms with Gasteiger partial charge in [-0.1, -0.05) is 84.9 Å². The number of para-hydroxylation sites is 1. The van der Waals surface area contributed by atoms with Crippen LogP contribution in [-0.4, -0.2) is 19.2 Å². The molecule has 0 radical (unpaired) electrons. The Labute approximate surface area is 208 Å². The largest absolute Gasteiger partial charge is 0.457 e. The van der Waals surface area contributed by atoms with Crippen molar-refractivity contribution in [2.24, 2.45) is 0 Å². The lowest BCUT2D eigenvalue weighted by Gasteiger charge is -2.33. The molecule has 4 heteroatoms. The molecule has 0 spiro atoms. The fraction of sp³-hybridized carbons (Fsp3) is 0.200. The van der Waals surface area contributed by atoms with Gasteiger partial charge in [0.2, 0.25) is 0 Å². The summed E-state index contributed by atoms with van der Waals surface area (Å²) < 4.78 is 12.5. The zero-order valence-corrected chi connectivity index (χ0v) is 19.9. The molecule has 1 saturated heterocycles. The Bertz CT molecular complexity index is 1170. The molecular formula is C30H30ClNO2. The number of piperidine rings is 1. The predicted molar refractivity (Wildman–Crippen MR) is 141 cm³/mol. The van der Waals surface area contributed by atoms with Gasteiger partial charge in [0.1, 0.15) is 11.5 Å². The van der Waals surface area contributed by atoms with E-state index in [1.54, 1.807) is 0 Å². The summed E-state index contributed by atoms with van der Waals surface area (Å²) in [5, 5.41) is 3.51. The molecule has 4 aromatic rings. The van der Waals surface area contributed by atoms with Gasteiger partial charge in [-0.15, -0.1) is 12.4 Å². The zero-order valence-electron chi connectivity index (χ0n) is 19.1. The van der Waals surface area contributed by atoms with E-state index in [-0.39, 0.29) is 18.5 Å². The van der Waals surface area contributed by atoms with E-state index in [0.717, 1.165) is 36.6 Å². The van der Waals surface area contributed by atoms with E-state index in [0.29, 0.717) is 12.5 Å². The van der Waals surface area contributed by atoms with Crippen molar-refractivity contribution < 1.29 is 9.47 Å². The first-order valence-electron chi connectivity index (χ1n) is 11.6. The molecule has 2 atom stereocenters. The Morgan fingerprint density at radius 2 is 1.41 bits per heavy atom. The minimum atomic E-state index is 0. The van der Waals surface area contributed by atoms with Gasteiger partial charge in [0.05, 0.1) is 12.7 Å². The van der Waals surface area contributed by atoms with Crippen LogP contribution in [0.15, 0.2) is 109 Å². The van der Waals surface area contributed by atoms with Gasteiger partial charge in [-0.3, -0.25) is 0 Å². The summed E-state index contributed by atoms with van der Waals surface area (Å²) >= 11 is 0. The molecule has 3 nitrogen and oxygen atoms in total. The summed E-state index contributed by atoms with van der Waals surface area (Å²) in [6.45, 7) is 2.44. The van der Waals surface area contributed by atoms with Crippen molar-refractivity contribution in [2.75, 3.05) is 13.1 Å². The molecule has 1 aliphatic rings. The van der Waals surface area contributed by atoms with Crippen molar-refractivity contribution in [3.8, 4) is 22.6 Å². The van der Waals surface area contributed by atoms with E-state index >= 15 is 0 Å². The van der Waals surface area contributed by atoms with Crippen LogP contribution in [-0.2, 0) is 11.3 Å². The highest BCUT2D eigenvalue weighted by Crippen LogP contribution is 2.31. The number of ether oxygens (including phenoxy) is 2. The fourth-order valence-corrected chi connectivity index (χ4v) is 4.49. The second-order valence-electron chi connectivity index (χ2n) is 8.50. The molecule has 34 heavy (non-hydrogen) atoms. The van der Waals surface area contributed by atoms with E-state index in [1.807, 2.05) is 42.5 Å². The highest BCUT2D eigenvalue weighted by atomic mass is 35.5. The molecule has 0 aliphatic carbocycles. The first-order valence-corrected chi connectivity index (χ1v) is 11.6. The van der Waals surface area contributed by atoms with Crippen LogP contribution in [0.5, 0.6) is 11.5 Å². The monoisotopic (exact) mass is 471 g/mol. The molecule has 1 N–H and O–H groups in total. The van der Waals surface area contributed by atoms with Crippen molar-refractivity contribution >= 4 is 12.4 Å². The lowest BCUT2D eigenvalue weighted by Crippen LogP contribution is -2.41. The quantitative estimate of drug-likeness (QED) is 0.308. The molecule has 0 aromatic heterocycles. The van der Waals surface area contributed by atoms with Crippen LogP contribution in [0.4, 0.5) is 0 Å². The Hall–Kier alpha value is -3.11. The normalized spacial score (nSPS) is 17.5. The highest BCUT2D eigenvalue weighted by molar-refractivity contribution is 5.85. The minimum Gasteiger partial charge on any atom is -0.457 e. The second kappa shape index (κ2) is 11.8. The van der Waals surface area contributed by atoms with Crippen molar-refractivity contribution in [2.45, 2.75) is 25.0 Å². The molecule has 1 heterocycles. The van der Waals surface area contributed by atoms with E-state index in [9.17, 15) is 0 Å². The second-order valence-corrected chi connectivity index (χ2v) is 8.50. The van der Waals surface area contributed by atoms with Gasteiger partial charge >= 0.3 is 0 Å². The first kappa shape index (κ1) is 24.0. The van der Waals surface area contributed by atoms with Gasteiger partial charge < -0.3 is 14.8 Å². The smallest absolute Gasteiger partial charge is 0.127 e. The summed E-state index contributed by atoms with van der Waals surface area (Å²) in [5.74, 6) is 2.04. The molecule has 0 unspecified atom stereocenters. The van der Waals surface area contributed by atoms with E-state index in [2.05, 4.69) is 72.0 Å². The summed E-state index contributed by atoms with van der Waals surface area (Å²) in [4.78, 5) is 0. The third kappa shape index (κ3) is 6.06.